The number of nitrogens with one attached hydrogen (secondary N) is 3. The molecule has 0 unspecified atom stereocenters. The van der Waals surface area contributed by atoms with Gasteiger partial charge in [-0.05, 0) is 32.4 Å². The standard InChI is InChI=1S/C16H28N4O4S/c1-5-17-16(18-10-7-11-19-25(4,21)22)20-13-8-9-14(23-3)15(12-13)24-6-2/h8-9,12,19H,5-7,10-11H2,1-4H3,(H2,17,18,20). The van der Waals surface area contributed by atoms with Crippen molar-refractivity contribution in [2.45, 2.75) is 20.3 Å². The first-order chi connectivity index (χ1) is 11.9. The quantitative estimate of drug-likeness (QED) is 0.326. The summed E-state index contributed by atoms with van der Waals surface area (Å²) in [6.07, 6.45) is 1.75. The van der Waals surface area contributed by atoms with E-state index in [0.717, 1.165) is 11.9 Å². The highest BCUT2D eigenvalue weighted by Crippen LogP contribution is 2.30. The number of rotatable bonds is 10. The summed E-state index contributed by atoms with van der Waals surface area (Å²) in [5, 5.41) is 6.35. The lowest BCUT2D eigenvalue weighted by Gasteiger charge is -2.14. The summed E-state index contributed by atoms with van der Waals surface area (Å²) < 4.78 is 35.3. The Balaban J connectivity index is 2.70. The van der Waals surface area contributed by atoms with Crippen LogP contribution in [-0.2, 0) is 10.0 Å². The number of hydrogen-bond acceptors (Lipinski definition) is 5. The van der Waals surface area contributed by atoms with Gasteiger partial charge in [0.05, 0.1) is 20.0 Å². The van der Waals surface area contributed by atoms with Crippen molar-refractivity contribution in [1.82, 2.24) is 10.0 Å². The van der Waals surface area contributed by atoms with Gasteiger partial charge in [0.1, 0.15) is 0 Å². The SMILES string of the molecule is CCNC(=NCCCNS(C)(=O)=O)Nc1ccc(OC)c(OCC)c1. The van der Waals surface area contributed by atoms with Crippen molar-refractivity contribution in [3.05, 3.63) is 18.2 Å². The van der Waals surface area contributed by atoms with Crippen LogP contribution in [0.15, 0.2) is 23.2 Å². The van der Waals surface area contributed by atoms with Gasteiger partial charge in [-0.3, -0.25) is 4.99 Å². The fourth-order valence-corrected chi connectivity index (χ4v) is 2.51. The average Bonchev–Trinajstić information content (AvgIpc) is 2.54. The van der Waals surface area contributed by atoms with Gasteiger partial charge in [-0.25, -0.2) is 13.1 Å². The van der Waals surface area contributed by atoms with E-state index in [1.54, 1.807) is 7.11 Å². The Morgan fingerprint density at radius 1 is 1.24 bits per heavy atom. The number of nitrogens with zero attached hydrogens (tertiary/aromatic N) is 1. The zero-order valence-electron chi connectivity index (χ0n) is 15.3. The van der Waals surface area contributed by atoms with Crippen molar-refractivity contribution in [2.75, 3.05) is 44.9 Å². The highest BCUT2D eigenvalue weighted by molar-refractivity contribution is 7.88. The number of guanidine groups is 1. The number of ether oxygens (including phenoxy) is 2. The minimum absolute atomic E-state index is 0.360. The highest BCUT2D eigenvalue weighted by Gasteiger charge is 2.07. The molecule has 0 fully saturated rings. The summed E-state index contributed by atoms with van der Waals surface area (Å²) in [4.78, 5) is 4.43. The van der Waals surface area contributed by atoms with Crippen LogP contribution < -0.4 is 24.8 Å². The summed E-state index contributed by atoms with van der Waals surface area (Å²) >= 11 is 0. The molecule has 0 spiro atoms. The van der Waals surface area contributed by atoms with E-state index >= 15 is 0 Å². The minimum atomic E-state index is -3.16. The molecule has 0 aromatic heterocycles. The fraction of sp³-hybridized carbons (Fsp3) is 0.562. The fourth-order valence-electron chi connectivity index (χ4n) is 1.99. The molecule has 1 aromatic rings. The summed E-state index contributed by atoms with van der Waals surface area (Å²) in [7, 11) is -1.56. The van der Waals surface area contributed by atoms with Gasteiger partial charge in [-0.1, -0.05) is 0 Å². The van der Waals surface area contributed by atoms with Crippen LogP contribution in [0, 0.1) is 0 Å². The van der Waals surface area contributed by atoms with Gasteiger partial charge in [0.2, 0.25) is 10.0 Å². The number of benzene rings is 1. The number of methoxy groups -OCH3 is 1. The van der Waals surface area contributed by atoms with E-state index < -0.39 is 10.0 Å². The van der Waals surface area contributed by atoms with Crippen LogP contribution in [0.25, 0.3) is 0 Å². The predicted octanol–water partition coefficient (Wildman–Crippen LogP) is 1.41. The minimum Gasteiger partial charge on any atom is -0.493 e. The predicted molar refractivity (Wildman–Crippen MR) is 101 cm³/mol. The Labute approximate surface area is 150 Å². The van der Waals surface area contributed by atoms with Gasteiger partial charge in [0.25, 0.3) is 0 Å². The first-order valence-corrected chi connectivity index (χ1v) is 10.1. The van der Waals surface area contributed by atoms with Crippen molar-refractivity contribution < 1.29 is 17.9 Å². The van der Waals surface area contributed by atoms with Crippen LogP contribution in [0.1, 0.15) is 20.3 Å². The third-order valence-corrected chi connectivity index (χ3v) is 3.77. The molecular weight excluding hydrogens is 344 g/mol. The van der Waals surface area contributed by atoms with Crippen LogP contribution >= 0.6 is 0 Å². The van der Waals surface area contributed by atoms with Crippen LogP contribution in [0.5, 0.6) is 11.5 Å². The topological polar surface area (TPSA) is 101 Å². The molecule has 0 aliphatic heterocycles. The third kappa shape index (κ3) is 8.59. The monoisotopic (exact) mass is 372 g/mol. The first-order valence-electron chi connectivity index (χ1n) is 8.20. The zero-order chi connectivity index (χ0) is 18.7. The molecule has 1 aromatic carbocycles. The lowest BCUT2D eigenvalue weighted by atomic mass is 10.2. The lowest BCUT2D eigenvalue weighted by molar-refractivity contribution is 0.311. The second kappa shape index (κ2) is 10.8. The number of aliphatic imine (C=N–C) groups is 1. The second-order valence-electron chi connectivity index (χ2n) is 5.20. The largest absolute Gasteiger partial charge is 0.493 e. The number of sulfonamides is 1. The normalized spacial score (nSPS) is 11.9. The maximum atomic E-state index is 11.0. The molecular formula is C16H28N4O4S. The Bertz CT molecular complexity index is 662. The molecule has 0 saturated carbocycles. The van der Waals surface area contributed by atoms with Crippen molar-refractivity contribution in [3.8, 4) is 11.5 Å². The molecule has 0 atom stereocenters. The first kappa shape index (κ1) is 21.0. The molecule has 0 aliphatic carbocycles. The molecule has 0 amide bonds. The molecule has 0 aliphatic rings. The van der Waals surface area contributed by atoms with Gasteiger partial charge in [-0.15, -0.1) is 0 Å². The molecule has 8 nitrogen and oxygen atoms in total. The van der Waals surface area contributed by atoms with Gasteiger partial charge in [0, 0.05) is 31.4 Å². The lowest BCUT2D eigenvalue weighted by Crippen LogP contribution is -2.31. The third-order valence-electron chi connectivity index (χ3n) is 3.04. The van der Waals surface area contributed by atoms with Crippen LogP contribution in [0.2, 0.25) is 0 Å². The van der Waals surface area contributed by atoms with E-state index in [2.05, 4.69) is 20.3 Å². The Kier molecular flexibility index (Phi) is 9.07. The second-order valence-corrected chi connectivity index (χ2v) is 7.04. The van der Waals surface area contributed by atoms with E-state index in [4.69, 9.17) is 9.47 Å². The molecule has 0 bridgehead atoms. The molecule has 0 heterocycles. The molecule has 142 valence electrons. The zero-order valence-corrected chi connectivity index (χ0v) is 16.1. The molecule has 0 radical (unpaired) electrons. The van der Waals surface area contributed by atoms with Crippen molar-refractivity contribution in [2.24, 2.45) is 4.99 Å². The van der Waals surface area contributed by atoms with Crippen LogP contribution in [0.4, 0.5) is 5.69 Å². The smallest absolute Gasteiger partial charge is 0.208 e. The summed E-state index contributed by atoms with van der Waals surface area (Å²) in [6, 6.07) is 5.55. The maximum Gasteiger partial charge on any atom is 0.208 e. The van der Waals surface area contributed by atoms with Crippen LogP contribution in [0.3, 0.4) is 0 Å². The molecule has 3 N–H and O–H groups in total. The van der Waals surface area contributed by atoms with Gasteiger partial charge < -0.3 is 20.1 Å². The van der Waals surface area contributed by atoms with Gasteiger partial charge >= 0.3 is 0 Å². The van der Waals surface area contributed by atoms with Gasteiger partial charge in [-0.2, -0.15) is 0 Å². The van der Waals surface area contributed by atoms with Crippen LogP contribution in [-0.4, -0.2) is 54.0 Å². The molecule has 25 heavy (non-hydrogen) atoms. The van der Waals surface area contributed by atoms with Gasteiger partial charge in [0.15, 0.2) is 17.5 Å². The number of hydrogen-bond donors (Lipinski definition) is 3. The highest BCUT2D eigenvalue weighted by atomic mass is 32.2. The molecule has 1 rings (SSSR count). The van der Waals surface area contributed by atoms with E-state index in [1.807, 2.05) is 32.0 Å². The van der Waals surface area contributed by atoms with E-state index in [1.165, 1.54) is 0 Å². The Morgan fingerprint density at radius 2 is 2.00 bits per heavy atom. The number of anilines is 1. The van der Waals surface area contributed by atoms with Crippen molar-refractivity contribution in [1.29, 1.82) is 0 Å². The maximum absolute atomic E-state index is 11.0. The van der Waals surface area contributed by atoms with E-state index in [-0.39, 0.29) is 0 Å². The summed E-state index contributed by atoms with van der Waals surface area (Å²) in [6.45, 7) is 5.99. The Hall–Kier alpha value is -2.00. The molecule has 0 saturated heterocycles. The summed E-state index contributed by atoms with van der Waals surface area (Å²) in [5.41, 5.74) is 0.818. The van der Waals surface area contributed by atoms with Crippen molar-refractivity contribution >= 4 is 21.7 Å². The summed E-state index contributed by atoms with van der Waals surface area (Å²) in [5.74, 6) is 1.94. The average molecular weight is 372 g/mol. The molecule has 9 heteroatoms. The van der Waals surface area contributed by atoms with Crippen molar-refractivity contribution in [3.63, 3.8) is 0 Å². The Morgan fingerprint density at radius 3 is 2.60 bits per heavy atom. The van der Waals surface area contributed by atoms with E-state index in [9.17, 15) is 8.42 Å². The van der Waals surface area contributed by atoms with E-state index in [0.29, 0.717) is 50.1 Å².